The van der Waals surface area contributed by atoms with Gasteiger partial charge in [-0.15, -0.1) is 17.1 Å². The maximum atomic E-state index is 12.4. The van der Waals surface area contributed by atoms with Crippen LogP contribution in [0.5, 0.6) is 0 Å². The van der Waals surface area contributed by atoms with Crippen molar-refractivity contribution >= 4 is 89.3 Å². The van der Waals surface area contributed by atoms with Gasteiger partial charge in [0.1, 0.15) is 48.6 Å². The van der Waals surface area contributed by atoms with Crippen LogP contribution >= 0.6 is 0 Å². The van der Waals surface area contributed by atoms with Gasteiger partial charge in [-0.2, -0.15) is 53.9 Å². The van der Waals surface area contributed by atoms with E-state index in [1.54, 1.807) is 7.05 Å². The fourth-order valence-electron chi connectivity index (χ4n) is 12.8. The summed E-state index contributed by atoms with van der Waals surface area (Å²) in [6, 6.07) is -7.84. The van der Waals surface area contributed by atoms with Gasteiger partial charge in [0.15, 0.2) is 0 Å². The molecule has 48 heteroatoms. The summed E-state index contributed by atoms with van der Waals surface area (Å²) in [6.07, 6.45) is 9.27. The Morgan fingerprint density at radius 2 is 0.663 bits per heavy atom. The van der Waals surface area contributed by atoms with Crippen molar-refractivity contribution in [1.29, 1.82) is 0 Å². The number of piperidine rings is 4. The number of urea groups is 4. The van der Waals surface area contributed by atoms with Crippen molar-refractivity contribution in [2.45, 2.75) is 200 Å². The van der Waals surface area contributed by atoms with Crippen molar-refractivity contribution in [3.63, 3.8) is 0 Å². The number of hydrogen-bond acceptors (Lipinski definition) is 28. The van der Waals surface area contributed by atoms with E-state index in [9.17, 15) is 72.0 Å². The van der Waals surface area contributed by atoms with E-state index in [4.69, 9.17) is 43.3 Å². The molecule has 0 radical (unpaired) electrons. The van der Waals surface area contributed by atoms with Gasteiger partial charge in [0, 0.05) is 50.3 Å². The zero-order valence-electron chi connectivity index (χ0n) is 51.3. The lowest BCUT2D eigenvalue weighted by atomic mass is 9.89. The second-order valence-electron chi connectivity index (χ2n) is 24.2. The first kappa shape index (κ1) is 73.4. The number of nitrogens with zero attached hydrogens (tertiary/aromatic N) is 8. The van der Waals surface area contributed by atoms with E-state index in [1.807, 2.05) is 14.1 Å². The summed E-state index contributed by atoms with van der Waals surface area (Å²) in [5.74, 6) is -1.88. The highest BCUT2D eigenvalue weighted by Crippen LogP contribution is 2.36. The van der Waals surface area contributed by atoms with Gasteiger partial charge in [-0.1, -0.05) is 0 Å². The van der Waals surface area contributed by atoms with Crippen molar-refractivity contribution in [3.05, 3.63) is 0 Å². The van der Waals surface area contributed by atoms with Crippen LogP contribution < -0.4 is 43.6 Å². The molecule has 12 amide bonds. The van der Waals surface area contributed by atoms with E-state index >= 15 is 0 Å². The van der Waals surface area contributed by atoms with E-state index in [1.165, 1.54) is 19.6 Å². The Morgan fingerprint density at radius 1 is 0.379 bits per heavy atom. The Kier molecular flexibility index (Phi) is 23.2. The van der Waals surface area contributed by atoms with Gasteiger partial charge >= 0.3 is 65.7 Å². The third-order valence-electron chi connectivity index (χ3n) is 18.2. The maximum Gasteiger partial charge on any atom is 0.418 e. The first-order valence-corrected chi connectivity index (χ1v) is 35.8. The minimum Gasteiger partial charge on any atom is -0.325 e. The summed E-state index contributed by atoms with van der Waals surface area (Å²) in [5.41, 5.74) is 15.2. The molecule has 0 aromatic rings. The Balaban J connectivity index is 0.000000149. The molecule has 12 aliphatic rings. The van der Waals surface area contributed by atoms with E-state index in [2.05, 4.69) is 55.0 Å². The highest BCUT2D eigenvalue weighted by atomic mass is 32.3. The largest absolute Gasteiger partial charge is 0.418 e. The molecule has 44 nitrogen and oxygen atoms in total. The summed E-state index contributed by atoms with van der Waals surface area (Å²) in [6.45, 7) is 0.578. The molecule has 8 bridgehead atoms. The van der Waals surface area contributed by atoms with Gasteiger partial charge in [-0.05, 0) is 124 Å². The summed E-state index contributed by atoms with van der Waals surface area (Å²) in [7, 11) is -13.7. The molecule has 538 valence electrons. The molecule has 95 heavy (non-hydrogen) atoms. The van der Waals surface area contributed by atoms with Gasteiger partial charge in [0.05, 0.1) is 24.2 Å². The molecule has 16 atom stereocenters. The SMILES string of the molecule is CNC1CC1ONC(=O)[C@@H]1CC[C@@H]2CN1C(=O)N2OS(=O)(=O)O.CNC1CCC1ONC(=O)[C@@H]1CC[C@@H]2CN1C(=O)N2OS(=O)(=O)O.CNC1CCCC1ONC(=O)[C@@H]1CC[C@@H]2CN1C(=O)N2OS(=O)(=O)O.NC1CCC1ONC(=O)[C@@H]1CC[C@@H]2CN1C(=O)N2OS(=O)(=O)O. The van der Waals surface area contributed by atoms with Crippen molar-refractivity contribution in [2.24, 2.45) is 5.73 Å². The summed E-state index contributed by atoms with van der Waals surface area (Å²) in [4.78, 5) is 124. The lowest BCUT2D eigenvalue weighted by Crippen LogP contribution is -2.54. The Bertz CT molecular complexity index is 3350. The fourth-order valence-corrected chi connectivity index (χ4v) is 14.4. The van der Waals surface area contributed by atoms with Crippen molar-refractivity contribution in [3.8, 4) is 0 Å². The Morgan fingerprint density at radius 3 is 0.916 bits per heavy atom. The quantitative estimate of drug-likeness (QED) is 0.0336. The number of hydroxylamine groups is 12. The number of amides is 12. The van der Waals surface area contributed by atoms with Gasteiger partial charge in [-0.25, -0.2) is 41.1 Å². The molecule has 12 rings (SSSR count). The number of hydrogen-bond donors (Lipinski definition) is 12. The maximum absolute atomic E-state index is 12.4. The van der Waals surface area contributed by atoms with E-state index in [-0.39, 0.29) is 74.8 Å². The minimum atomic E-state index is -4.80. The van der Waals surface area contributed by atoms with Crippen LogP contribution in [0, 0.1) is 0 Å². The Hall–Kier alpha value is -5.88. The van der Waals surface area contributed by atoms with Crippen LogP contribution in [0.2, 0.25) is 0 Å². The molecule has 0 aromatic heterocycles. The third kappa shape index (κ3) is 18.1. The number of nitrogens with one attached hydrogen (secondary N) is 7. The molecule has 8 aliphatic heterocycles. The van der Waals surface area contributed by atoms with Crippen LogP contribution in [0.25, 0.3) is 0 Å². The third-order valence-corrected chi connectivity index (χ3v) is 19.6. The predicted molar refractivity (Wildman–Crippen MR) is 309 cm³/mol. The smallest absolute Gasteiger partial charge is 0.325 e. The monoisotopic (exact) mass is 1440 g/mol. The van der Waals surface area contributed by atoms with Crippen molar-refractivity contribution in [2.75, 3.05) is 47.3 Å². The first-order valence-electron chi connectivity index (χ1n) is 30.3. The molecule has 4 saturated carbocycles. The van der Waals surface area contributed by atoms with Crippen LogP contribution in [0.1, 0.15) is 103 Å². The summed E-state index contributed by atoms with van der Waals surface area (Å²) >= 11 is 0. The number of rotatable bonds is 23. The van der Waals surface area contributed by atoms with Gasteiger partial charge in [0.2, 0.25) is 0 Å². The average Bonchev–Trinajstić information content (AvgIpc) is 1.65. The van der Waals surface area contributed by atoms with E-state index in [0.29, 0.717) is 71.6 Å². The van der Waals surface area contributed by atoms with Crippen molar-refractivity contribution < 1.29 is 127 Å². The zero-order valence-corrected chi connectivity index (χ0v) is 54.5. The van der Waals surface area contributed by atoms with Crippen LogP contribution in [0.4, 0.5) is 19.2 Å². The molecule has 0 aromatic carbocycles. The molecular weight excluding hydrogens is 1360 g/mol. The number of carbonyl (C=O) groups is 8. The van der Waals surface area contributed by atoms with Crippen LogP contribution in [0.15, 0.2) is 0 Å². The predicted octanol–water partition coefficient (Wildman–Crippen LogP) is -5.11. The summed E-state index contributed by atoms with van der Waals surface area (Å²) < 4.78 is 139. The number of likely N-dealkylation sites (N-methyl/N-ethyl adjacent to an activating group) is 3. The van der Waals surface area contributed by atoms with E-state index < -0.39 is 138 Å². The van der Waals surface area contributed by atoms with Gasteiger partial charge in [-0.3, -0.25) is 56.7 Å². The summed E-state index contributed by atoms with van der Waals surface area (Å²) in [5, 5.41) is 11.6. The molecular formula is C47H78N16O28S4. The van der Waals surface area contributed by atoms with Crippen LogP contribution in [-0.4, -0.2) is 284 Å². The topological polar surface area (TPSA) is 564 Å². The lowest BCUT2D eigenvalue weighted by molar-refractivity contribution is -0.151. The van der Waals surface area contributed by atoms with Gasteiger partial charge in [0.25, 0.3) is 23.6 Å². The molecule has 12 fully saturated rings. The van der Waals surface area contributed by atoms with E-state index in [0.717, 1.165) is 51.4 Å². The molecule has 8 unspecified atom stereocenters. The number of fused-ring (bicyclic) bond motifs is 8. The standard InChI is InChI=1S/C13H22N4O7S.C12H20N4O7S.2C11H18N4O7S/c1-14-9-3-2-4-11(9)23-15-12(18)10-6-5-8-7-16(10)13(19)17(8)24-25(20,21)22;1-13-8-3-5-10(8)22-14-11(17)9-4-2-7-6-15(9)12(18)16(7)23-24(19,20)21;1-12-7-4-9(7)21-13-10(16)8-3-2-6-5-14(8)11(17)15(6)22-23(18,19)20;12-7-2-4-9(7)21-13-10(16)8-3-1-6-5-14(8)11(17)15(6)22-23(18,19)20/h8-11,14H,2-7H2,1H3,(H,15,18)(H,20,21,22);7-10,13H,2-6H2,1H3,(H,14,17)(H,19,20,21);6-9,12H,2-5H2,1H3,(H,13,16)(H,18,19,20);6-9H,1-5,12H2,(H,13,16)(H,18,19,20)/t8-,9?,10+,11?;7-,8?,9+,10?;2*6-,7?,8+,9?/m1111/s1. The highest BCUT2D eigenvalue weighted by molar-refractivity contribution is 7.81. The lowest BCUT2D eigenvalue weighted by Gasteiger charge is -2.36. The minimum absolute atomic E-state index is 0.0890. The molecule has 8 heterocycles. The van der Waals surface area contributed by atoms with Gasteiger partial charge < -0.3 is 41.3 Å². The zero-order chi connectivity index (χ0) is 69.2. The number of nitrogens with two attached hydrogens (primary N) is 1. The van der Waals surface area contributed by atoms with Crippen LogP contribution in [0.3, 0.4) is 0 Å². The average molecular weight is 1440 g/mol. The molecule has 8 saturated heterocycles. The fraction of sp³-hybridized carbons (Fsp3) is 0.830. The second kappa shape index (κ2) is 30.1. The highest BCUT2D eigenvalue weighted by Gasteiger charge is 2.54. The van der Waals surface area contributed by atoms with Crippen LogP contribution in [-0.2, 0) is 97.3 Å². The molecule has 4 aliphatic carbocycles. The first-order chi connectivity index (χ1) is 44.7. The molecule has 0 spiro atoms. The molecule has 13 N–H and O–H groups in total. The van der Waals surface area contributed by atoms with Crippen molar-refractivity contribution in [1.82, 2.24) is 77.7 Å². The normalized spacial score (nSPS) is 32.9. The Labute approximate surface area is 544 Å². The number of carbonyl (C=O) groups excluding carboxylic acids is 8. The second-order valence-corrected chi connectivity index (χ2v) is 28.2.